The normalized spacial score (nSPS) is 12.0. The van der Waals surface area contributed by atoms with Crippen LogP contribution in [0.2, 0.25) is 5.02 Å². The van der Waals surface area contributed by atoms with E-state index in [0.717, 1.165) is 5.56 Å². The van der Waals surface area contributed by atoms with E-state index in [-0.39, 0.29) is 11.6 Å². The van der Waals surface area contributed by atoms with Crippen LogP contribution < -0.4 is 4.90 Å². The van der Waals surface area contributed by atoms with Gasteiger partial charge in [-0.1, -0.05) is 23.7 Å². The fourth-order valence-electron chi connectivity index (χ4n) is 2.14. The van der Waals surface area contributed by atoms with Crippen molar-refractivity contribution >= 4 is 23.4 Å². The fourth-order valence-corrected chi connectivity index (χ4v) is 2.34. The van der Waals surface area contributed by atoms with Crippen molar-refractivity contribution in [1.29, 1.82) is 0 Å². The highest BCUT2D eigenvalue weighted by Gasteiger charge is 2.16. The number of hydrogen-bond acceptors (Lipinski definition) is 3. The first kappa shape index (κ1) is 15.3. The molecule has 4 nitrogen and oxygen atoms in total. The molecule has 1 unspecified atom stereocenters. The summed E-state index contributed by atoms with van der Waals surface area (Å²) < 4.78 is 0. The van der Waals surface area contributed by atoms with E-state index in [1.54, 1.807) is 19.1 Å². The van der Waals surface area contributed by atoms with Gasteiger partial charge in [0.05, 0.1) is 11.6 Å². The predicted octanol–water partition coefficient (Wildman–Crippen LogP) is 3.94. The van der Waals surface area contributed by atoms with Crippen LogP contribution in [0.1, 0.15) is 34.6 Å². The second kappa shape index (κ2) is 6.14. The molecule has 0 aliphatic rings. The standard InChI is InChI=1S/C16H17ClN2O2/c1-10-7-13(16(20)21)9-15(18-10)19(3)11(2)12-5-4-6-14(17)8-12/h4-9,11H,1-3H3,(H,20,21). The van der Waals surface area contributed by atoms with E-state index in [4.69, 9.17) is 16.7 Å². The Morgan fingerprint density at radius 3 is 2.67 bits per heavy atom. The molecule has 1 aromatic carbocycles. The minimum atomic E-state index is -0.953. The van der Waals surface area contributed by atoms with Gasteiger partial charge in [-0.2, -0.15) is 0 Å². The molecule has 0 spiro atoms. The van der Waals surface area contributed by atoms with Crippen LogP contribution in [0.5, 0.6) is 0 Å². The van der Waals surface area contributed by atoms with Crippen LogP contribution in [0.4, 0.5) is 5.82 Å². The molecule has 0 radical (unpaired) electrons. The quantitative estimate of drug-likeness (QED) is 0.929. The molecule has 110 valence electrons. The predicted molar refractivity (Wildman–Crippen MR) is 84.2 cm³/mol. The molecule has 0 aliphatic heterocycles. The molecule has 2 aromatic rings. The van der Waals surface area contributed by atoms with E-state index in [1.165, 1.54) is 0 Å². The van der Waals surface area contributed by atoms with Crippen LogP contribution in [-0.4, -0.2) is 23.1 Å². The molecular weight excluding hydrogens is 288 g/mol. The van der Waals surface area contributed by atoms with Gasteiger partial charge in [0.2, 0.25) is 0 Å². The summed E-state index contributed by atoms with van der Waals surface area (Å²) in [5.74, 6) is -0.328. The fraction of sp³-hybridized carbons (Fsp3) is 0.250. The van der Waals surface area contributed by atoms with Crippen LogP contribution in [0.3, 0.4) is 0 Å². The Morgan fingerprint density at radius 1 is 1.33 bits per heavy atom. The van der Waals surface area contributed by atoms with Crippen molar-refractivity contribution in [2.24, 2.45) is 0 Å². The average Bonchev–Trinajstić information content (AvgIpc) is 2.45. The SMILES string of the molecule is Cc1cc(C(=O)O)cc(N(C)C(C)c2cccc(Cl)c2)n1. The summed E-state index contributed by atoms with van der Waals surface area (Å²) in [6, 6.07) is 10.8. The van der Waals surface area contributed by atoms with E-state index < -0.39 is 5.97 Å². The first-order chi connectivity index (χ1) is 9.88. The summed E-state index contributed by atoms with van der Waals surface area (Å²) in [5.41, 5.74) is 1.96. The van der Waals surface area contributed by atoms with Crippen LogP contribution >= 0.6 is 11.6 Å². The zero-order chi connectivity index (χ0) is 15.6. The number of aromatic carboxylic acids is 1. The van der Waals surface area contributed by atoms with Crippen LogP contribution in [-0.2, 0) is 0 Å². The van der Waals surface area contributed by atoms with E-state index in [9.17, 15) is 4.79 Å². The number of halogens is 1. The van der Waals surface area contributed by atoms with Gasteiger partial charge in [-0.25, -0.2) is 9.78 Å². The Hall–Kier alpha value is -2.07. The van der Waals surface area contributed by atoms with Crippen molar-refractivity contribution in [3.05, 3.63) is 58.2 Å². The van der Waals surface area contributed by atoms with Crippen LogP contribution in [0, 0.1) is 6.92 Å². The van der Waals surface area contributed by atoms with E-state index in [1.807, 2.05) is 43.1 Å². The minimum absolute atomic E-state index is 0.0274. The lowest BCUT2D eigenvalue weighted by Gasteiger charge is -2.27. The number of aryl methyl sites for hydroxylation is 1. The Balaban J connectivity index is 2.35. The monoisotopic (exact) mass is 304 g/mol. The van der Waals surface area contributed by atoms with Gasteiger partial charge in [0, 0.05) is 17.8 Å². The summed E-state index contributed by atoms with van der Waals surface area (Å²) >= 11 is 6.02. The van der Waals surface area contributed by atoms with Crippen LogP contribution in [0.15, 0.2) is 36.4 Å². The molecule has 21 heavy (non-hydrogen) atoms. The van der Waals surface area contributed by atoms with Gasteiger partial charge in [0.25, 0.3) is 0 Å². The molecule has 1 N–H and O–H groups in total. The summed E-state index contributed by atoms with van der Waals surface area (Å²) in [6.07, 6.45) is 0. The molecule has 1 aromatic heterocycles. The maximum atomic E-state index is 11.1. The van der Waals surface area contributed by atoms with Crippen molar-refractivity contribution in [1.82, 2.24) is 4.98 Å². The minimum Gasteiger partial charge on any atom is -0.478 e. The summed E-state index contributed by atoms with van der Waals surface area (Å²) in [5, 5.41) is 9.82. The highest BCUT2D eigenvalue weighted by atomic mass is 35.5. The molecule has 0 aliphatic carbocycles. The zero-order valence-corrected chi connectivity index (χ0v) is 12.9. The maximum Gasteiger partial charge on any atom is 0.335 e. The van der Waals surface area contributed by atoms with Crippen molar-refractivity contribution in [3.63, 3.8) is 0 Å². The Morgan fingerprint density at radius 2 is 2.05 bits per heavy atom. The first-order valence-corrected chi connectivity index (χ1v) is 6.96. The van der Waals surface area contributed by atoms with Crippen molar-refractivity contribution in [2.45, 2.75) is 19.9 Å². The third-order valence-electron chi connectivity index (χ3n) is 3.46. The smallest absolute Gasteiger partial charge is 0.335 e. The van der Waals surface area contributed by atoms with Crippen LogP contribution in [0.25, 0.3) is 0 Å². The summed E-state index contributed by atoms with van der Waals surface area (Å²) in [6.45, 7) is 3.81. The van der Waals surface area contributed by atoms with Crippen molar-refractivity contribution in [2.75, 3.05) is 11.9 Å². The summed E-state index contributed by atoms with van der Waals surface area (Å²) in [7, 11) is 1.89. The number of nitrogens with zero attached hydrogens (tertiary/aromatic N) is 2. The van der Waals surface area contributed by atoms with E-state index in [0.29, 0.717) is 16.5 Å². The van der Waals surface area contributed by atoms with E-state index in [2.05, 4.69) is 4.98 Å². The second-order valence-corrected chi connectivity index (χ2v) is 5.44. The Bertz CT molecular complexity index is 673. The topological polar surface area (TPSA) is 53.4 Å². The lowest BCUT2D eigenvalue weighted by atomic mass is 10.1. The Labute approximate surface area is 129 Å². The maximum absolute atomic E-state index is 11.1. The molecule has 5 heteroatoms. The Kier molecular flexibility index (Phi) is 4.48. The van der Waals surface area contributed by atoms with Crippen molar-refractivity contribution < 1.29 is 9.90 Å². The summed E-state index contributed by atoms with van der Waals surface area (Å²) in [4.78, 5) is 17.5. The third-order valence-corrected chi connectivity index (χ3v) is 3.70. The number of aromatic nitrogens is 1. The van der Waals surface area contributed by atoms with Gasteiger partial charge in [-0.05, 0) is 43.7 Å². The molecule has 0 saturated carbocycles. The van der Waals surface area contributed by atoms with Gasteiger partial charge in [-0.15, -0.1) is 0 Å². The lowest BCUT2D eigenvalue weighted by molar-refractivity contribution is 0.0696. The second-order valence-electron chi connectivity index (χ2n) is 5.00. The van der Waals surface area contributed by atoms with Gasteiger partial charge >= 0.3 is 5.97 Å². The zero-order valence-electron chi connectivity index (χ0n) is 12.2. The number of benzene rings is 1. The van der Waals surface area contributed by atoms with Gasteiger partial charge in [0.15, 0.2) is 0 Å². The third kappa shape index (κ3) is 3.52. The lowest BCUT2D eigenvalue weighted by Crippen LogP contribution is -2.23. The van der Waals surface area contributed by atoms with Gasteiger partial charge in [0.1, 0.15) is 5.82 Å². The number of hydrogen-bond donors (Lipinski definition) is 1. The molecule has 1 atom stereocenters. The highest BCUT2D eigenvalue weighted by molar-refractivity contribution is 6.30. The molecule has 0 fully saturated rings. The first-order valence-electron chi connectivity index (χ1n) is 6.59. The number of carbonyl (C=O) groups is 1. The van der Waals surface area contributed by atoms with Crippen molar-refractivity contribution in [3.8, 4) is 0 Å². The van der Waals surface area contributed by atoms with Gasteiger partial charge < -0.3 is 10.0 Å². The molecule has 0 saturated heterocycles. The number of carboxylic acids is 1. The highest BCUT2D eigenvalue weighted by Crippen LogP contribution is 2.26. The molecule has 0 amide bonds. The molecular formula is C16H17ClN2O2. The number of carboxylic acid groups (broad SMARTS) is 1. The largest absolute Gasteiger partial charge is 0.478 e. The number of rotatable bonds is 4. The molecule has 2 rings (SSSR count). The molecule has 1 heterocycles. The molecule has 0 bridgehead atoms. The average molecular weight is 305 g/mol. The van der Waals surface area contributed by atoms with E-state index >= 15 is 0 Å². The number of anilines is 1. The number of pyridine rings is 1. The van der Waals surface area contributed by atoms with Gasteiger partial charge in [-0.3, -0.25) is 0 Å².